The predicted molar refractivity (Wildman–Crippen MR) is 250 cm³/mol. The van der Waals surface area contributed by atoms with Gasteiger partial charge in [-0.05, 0) is 122 Å². The lowest BCUT2D eigenvalue weighted by atomic mass is 9.75. The second-order valence-electron chi connectivity index (χ2n) is 19.1. The van der Waals surface area contributed by atoms with Crippen LogP contribution < -0.4 is 13.6 Å². The number of unbranched alkanes of at least 4 members (excludes halogenated alkanes) is 12. The SMILES string of the molecule is CCCCCCCCCc1ccc(O[P+](Oc2ccc(CCCCCCCCC)cc2)(Oc2ccc(C(C)(C)c3ccc(O)c(C(C)(C)C)c3)cc2)C(C)(C)C)cc1. The highest BCUT2D eigenvalue weighted by molar-refractivity contribution is 7.64. The summed E-state index contributed by atoms with van der Waals surface area (Å²) in [5.74, 6) is 2.54. The molecule has 4 nitrogen and oxygen atoms in total. The van der Waals surface area contributed by atoms with E-state index in [0.717, 1.165) is 41.0 Å². The van der Waals surface area contributed by atoms with Crippen molar-refractivity contribution in [1.82, 2.24) is 0 Å². The molecule has 0 amide bonds. The highest BCUT2D eigenvalue weighted by Gasteiger charge is 2.62. The Kier molecular flexibility index (Phi) is 18.1. The zero-order chi connectivity index (χ0) is 42.2. The Labute approximate surface area is 355 Å². The van der Waals surface area contributed by atoms with Crippen LogP contribution in [0.5, 0.6) is 23.0 Å². The van der Waals surface area contributed by atoms with Crippen molar-refractivity contribution in [3.8, 4) is 23.0 Å². The van der Waals surface area contributed by atoms with E-state index in [-0.39, 0.29) is 10.8 Å². The molecule has 0 aliphatic heterocycles. The van der Waals surface area contributed by atoms with Crippen molar-refractivity contribution in [1.29, 1.82) is 0 Å². The fraction of sp³-hybridized carbons (Fsp3) is 0.547. The second kappa shape index (κ2) is 22.2. The summed E-state index contributed by atoms with van der Waals surface area (Å²) in [4.78, 5) is 0. The molecule has 5 heteroatoms. The molecule has 0 aromatic heterocycles. The van der Waals surface area contributed by atoms with E-state index in [0.29, 0.717) is 11.5 Å². The minimum Gasteiger partial charge on any atom is -0.508 e. The molecule has 58 heavy (non-hydrogen) atoms. The third kappa shape index (κ3) is 14.1. The topological polar surface area (TPSA) is 47.9 Å². The molecule has 1 N–H and O–H groups in total. The van der Waals surface area contributed by atoms with Crippen molar-refractivity contribution in [2.75, 3.05) is 0 Å². The summed E-state index contributed by atoms with van der Waals surface area (Å²) in [6, 6.07) is 31.6. The summed E-state index contributed by atoms with van der Waals surface area (Å²) in [5, 5.41) is 10.2. The van der Waals surface area contributed by atoms with Gasteiger partial charge in [-0.15, -0.1) is 0 Å². The first kappa shape index (κ1) is 47.2. The van der Waals surface area contributed by atoms with Gasteiger partial charge >= 0.3 is 7.94 Å². The van der Waals surface area contributed by atoms with Gasteiger partial charge in [-0.2, -0.15) is 0 Å². The average molecular weight is 810 g/mol. The fourth-order valence-corrected chi connectivity index (χ4v) is 9.65. The lowest BCUT2D eigenvalue weighted by Gasteiger charge is -2.32. The number of rotatable bonds is 24. The first-order valence-electron chi connectivity index (χ1n) is 22.7. The molecule has 0 atom stereocenters. The molecule has 0 fully saturated rings. The highest BCUT2D eigenvalue weighted by Crippen LogP contribution is 2.69. The minimum atomic E-state index is -3.13. The second-order valence-corrected chi connectivity index (χ2v) is 22.0. The summed E-state index contributed by atoms with van der Waals surface area (Å²) in [5.41, 5.74) is 5.45. The monoisotopic (exact) mass is 810 g/mol. The molecule has 0 bridgehead atoms. The third-order valence-corrected chi connectivity index (χ3v) is 14.6. The molecule has 0 saturated carbocycles. The molecule has 0 heterocycles. The molecule has 4 aromatic carbocycles. The Balaban J connectivity index is 1.57. The third-order valence-electron chi connectivity index (χ3n) is 11.6. The van der Waals surface area contributed by atoms with Crippen LogP contribution in [0.25, 0.3) is 0 Å². The van der Waals surface area contributed by atoms with Crippen LogP contribution in [0.4, 0.5) is 0 Å². The van der Waals surface area contributed by atoms with Crippen molar-refractivity contribution < 1.29 is 18.7 Å². The van der Waals surface area contributed by atoms with E-state index < -0.39 is 13.1 Å². The van der Waals surface area contributed by atoms with Crippen LogP contribution in [0.3, 0.4) is 0 Å². The lowest BCUT2D eigenvalue weighted by Crippen LogP contribution is -2.32. The van der Waals surface area contributed by atoms with E-state index in [4.69, 9.17) is 13.6 Å². The van der Waals surface area contributed by atoms with E-state index in [1.165, 1.54) is 101 Å². The molecule has 4 rings (SSSR count). The minimum absolute atomic E-state index is 0.171. The van der Waals surface area contributed by atoms with E-state index in [1.807, 2.05) is 24.3 Å². The predicted octanol–water partition coefficient (Wildman–Crippen LogP) is 16.7. The number of phenols is 1. The Bertz CT molecular complexity index is 1700. The summed E-state index contributed by atoms with van der Waals surface area (Å²) in [6.07, 6.45) is 20.5. The van der Waals surface area contributed by atoms with Crippen LogP contribution >= 0.6 is 7.94 Å². The molecule has 0 saturated heterocycles. The maximum atomic E-state index is 10.7. The van der Waals surface area contributed by atoms with Crippen LogP contribution in [-0.4, -0.2) is 10.3 Å². The van der Waals surface area contributed by atoms with Gasteiger partial charge in [-0.1, -0.05) is 174 Å². The van der Waals surface area contributed by atoms with Crippen LogP contribution in [0.15, 0.2) is 91.0 Å². The molecular formula is C53H78O4P+. The van der Waals surface area contributed by atoms with E-state index in [2.05, 4.69) is 136 Å². The van der Waals surface area contributed by atoms with Crippen LogP contribution in [0.2, 0.25) is 0 Å². The summed E-state index contributed by atoms with van der Waals surface area (Å²) >= 11 is 0. The number of benzene rings is 4. The first-order valence-corrected chi connectivity index (χ1v) is 24.2. The molecule has 0 radical (unpaired) electrons. The number of phenolic OH excluding ortho intramolecular Hbond substituents is 1. The Hall–Kier alpha value is -3.49. The van der Waals surface area contributed by atoms with E-state index >= 15 is 0 Å². The standard InChI is InChI=1S/C53H77O4P/c1-11-13-15-17-19-21-23-25-42-27-34-46(35-28-42)55-58(52(6,7)8,56-47-36-29-43(30-37-47)26-24-22-20-18-16-14-12-2)57-48-38-31-44(32-39-48)53(9,10)45-33-40-50(54)49(41-45)51(3,4)5/h27-41H,11-26H2,1-10H3/p+1. The Morgan fingerprint density at radius 3 is 1.19 bits per heavy atom. The number of hydrogen-bond acceptors (Lipinski definition) is 4. The van der Waals surface area contributed by atoms with Crippen molar-refractivity contribution in [3.05, 3.63) is 119 Å². The number of aryl methyl sites for hydroxylation is 2. The van der Waals surface area contributed by atoms with E-state index in [9.17, 15) is 5.11 Å². The van der Waals surface area contributed by atoms with Gasteiger partial charge in [-0.3, -0.25) is 13.6 Å². The van der Waals surface area contributed by atoms with Crippen molar-refractivity contribution in [2.24, 2.45) is 0 Å². The van der Waals surface area contributed by atoms with Crippen LogP contribution in [0, 0.1) is 0 Å². The van der Waals surface area contributed by atoms with Gasteiger partial charge in [0.2, 0.25) is 0 Å². The van der Waals surface area contributed by atoms with Gasteiger partial charge in [0.05, 0.1) is 0 Å². The summed E-state index contributed by atoms with van der Waals surface area (Å²) in [7, 11) is -3.13. The Morgan fingerprint density at radius 1 is 0.448 bits per heavy atom. The maximum absolute atomic E-state index is 10.7. The molecule has 0 spiro atoms. The van der Waals surface area contributed by atoms with Gasteiger partial charge in [0.25, 0.3) is 0 Å². The zero-order valence-corrected chi connectivity index (χ0v) is 39.0. The van der Waals surface area contributed by atoms with Crippen molar-refractivity contribution in [2.45, 2.75) is 188 Å². The van der Waals surface area contributed by atoms with Crippen LogP contribution in [-0.2, 0) is 23.7 Å². The smallest absolute Gasteiger partial charge is 0.508 e. The molecule has 0 aliphatic carbocycles. The van der Waals surface area contributed by atoms with Crippen LogP contribution in [0.1, 0.15) is 187 Å². The summed E-state index contributed by atoms with van der Waals surface area (Å²) in [6.45, 7) is 21.9. The highest BCUT2D eigenvalue weighted by atomic mass is 31.2. The van der Waals surface area contributed by atoms with Gasteiger partial charge in [0, 0.05) is 5.41 Å². The van der Waals surface area contributed by atoms with Gasteiger partial charge in [0.15, 0.2) is 22.4 Å². The Morgan fingerprint density at radius 2 is 0.810 bits per heavy atom. The van der Waals surface area contributed by atoms with Gasteiger partial charge in [-0.25, -0.2) is 0 Å². The molecule has 4 aromatic rings. The maximum Gasteiger partial charge on any atom is 0.547 e. The van der Waals surface area contributed by atoms with Gasteiger partial charge in [0.1, 0.15) is 5.75 Å². The van der Waals surface area contributed by atoms with E-state index in [1.54, 1.807) is 0 Å². The molecule has 0 unspecified atom stereocenters. The number of hydrogen-bond donors (Lipinski definition) is 1. The molecular weight excluding hydrogens is 732 g/mol. The zero-order valence-electron chi connectivity index (χ0n) is 38.1. The lowest BCUT2D eigenvalue weighted by molar-refractivity contribution is 0.323. The number of aromatic hydroxyl groups is 1. The first-order chi connectivity index (χ1) is 27.6. The largest absolute Gasteiger partial charge is 0.547 e. The normalized spacial score (nSPS) is 12.4. The quantitative estimate of drug-likeness (QED) is 0.0566. The molecule has 318 valence electrons. The fourth-order valence-electron chi connectivity index (χ4n) is 7.51. The van der Waals surface area contributed by atoms with Gasteiger partial charge < -0.3 is 5.11 Å². The average Bonchev–Trinajstić information content (AvgIpc) is 3.18. The van der Waals surface area contributed by atoms with Crippen molar-refractivity contribution >= 4 is 7.94 Å². The molecule has 0 aliphatic rings. The van der Waals surface area contributed by atoms with Crippen molar-refractivity contribution in [3.63, 3.8) is 0 Å². The summed E-state index contributed by atoms with van der Waals surface area (Å²) < 4.78 is 21.1.